The molecule has 0 saturated carbocycles. The second-order valence-corrected chi connectivity index (χ2v) is 9.25. The topological polar surface area (TPSA) is 84.1 Å². The van der Waals surface area contributed by atoms with Crippen molar-refractivity contribution in [2.45, 2.75) is 38.7 Å². The molecule has 1 N–H and O–H groups in total. The van der Waals surface area contributed by atoms with Crippen LogP contribution in [0, 0.1) is 13.8 Å². The van der Waals surface area contributed by atoms with Gasteiger partial charge in [0.25, 0.3) is 5.91 Å². The van der Waals surface area contributed by atoms with E-state index in [1.165, 1.54) is 11.3 Å². The molecule has 1 spiro atoms. The Hall–Kier alpha value is -2.71. The standard InChI is InChI=1S/C22H23N3O4S/c1-13-3-7-25-18(11-13)23-14(2)19(25)20(26)24-8-5-22(6-9-24)15-12-17(21(27)28)30-16(15)4-10-29-22/h3,7,11-12H,4-6,8-10H2,1-2H3,(H,27,28). The molecule has 2 aliphatic heterocycles. The second kappa shape index (κ2) is 6.92. The minimum atomic E-state index is -0.893. The number of rotatable bonds is 2. The molecule has 1 saturated heterocycles. The van der Waals surface area contributed by atoms with Gasteiger partial charge in [-0.25, -0.2) is 9.78 Å². The van der Waals surface area contributed by atoms with Gasteiger partial charge in [0.15, 0.2) is 0 Å². The first-order chi connectivity index (χ1) is 14.4. The molecule has 8 heteroatoms. The lowest BCUT2D eigenvalue weighted by molar-refractivity contribution is -0.0927. The van der Waals surface area contributed by atoms with E-state index in [1.54, 1.807) is 6.07 Å². The molecule has 30 heavy (non-hydrogen) atoms. The largest absolute Gasteiger partial charge is 0.477 e. The zero-order valence-corrected chi connectivity index (χ0v) is 17.8. The number of aryl methyl sites for hydroxylation is 2. The third-order valence-corrected chi connectivity index (χ3v) is 7.42. The van der Waals surface area contributed by atoms with Gasteiger partial charge < -0.3 is 14.7 Å². The van der Waals surface area contributed by atoms with Crippen LogP contribution < -0.4 is 0 Å². The van der Waals surface area contributed by atoms with Crippen LogP contribution in [0.5, 0.6) is 0 Å². The van der Waals surface area contributed by atoms with Crippen molar-refractivity contribution in [2.24, 2.45) is 0 Å². The molecule has 0 radical (unpaired) electrons. The van der Waals surface area contributed by atoms with Crippen molar-refractivity contribution in [3.05, 3.63) is 56.7 Å². The predicted octanol–water partition coefficient (Wildman–Crippen LogP) is 3.42. The van der Waals surface area contributed by atoms with Crippen molar-refractivity contribution in [1.29, 1.82) is 0 Å². The van der Waals surface area contributed by atoms with Crippen LogP contribution in [0.25, 0.3) is 5.65 Å². The minimum Gasteiger partial charge on any atom is -0.477 e. The first-order valence-corrected chi connectivity index (χ1v) is 10.9. The number of carboxylic acids is 1. The quantitative estimate of drug-likeness (QED) is 0.680. The molecule has 1 amide bonds. The number of likely N-dealkylation sites (tertiary alicyclic amines) is 1. The molecule has 3 aromatic heterocycles. The fourth-order valence-corrected chi connectivity index (χ4v) is 5.75. The van der Waals surface area contributed by atoms with E-state index >= 15 is 0 Å². The number of thiophene rings is 1. The van der Waals surface area contributed by atoms with Crippen molar-refractivity contribution in [3.8, 4) is 0 Å². The number of carbonyl (C=O) groups is 2. The number of fused-ring (bicyclic) bond motifs is 3. The van der Waals surface area contributed by atoms with E-state index in [9.17, 15) is 14.7 Å². The number of hydrogen-bond donors (Lipinski definition) is 1. The van der Waals surface area contributed by atoms with Crippen molar-refractivity contribution >= 4 is 28.9 Å². The lowest BCUT2D eigenvalue weighted by Gasteiger charge is -2.44. The van der Waals surface area contributed by atoms with Gasteiger partial charge in [0.1, 0.15) is 16.2 Å². The summed E-state index contributed by atoms with van der Waals surface area (Å²) >= 11 is 1.35. The Labute approximate surface area is 177 Å². The Morgan fingerprint density at radius 1 is 1.23 bits per heavy atom. The summed E-state index contributed by atoms with van der Waals surface area (Å²) in [5.74, 6) is -0.915. The summed E-state index contributed by atoms with van der Waals surface area (Å²) < 4.78 is 8.07. The maximum absolute atomic E-state index is 13.3. The molecule has 0 bridgehead atoms. The van der Waals surface area contributed by atoms with Gasteiger partial charge in [0.2, 0.25) is 0 Å². The molecular weight excluding hydrogens is 402 g/mol. The maximum atomic E-state index is 13.3. The summed E-state index contributed by atoms with van der Waals surface area (Å²) in [6.45, 7) is 5.60. The highest BCUT2D eigenvalue weighted by molar-refractivity contribution is 7.14. The Bertz CT molecular complexity index is 1170. The number of imidazole rings is 1. The average molecular weight is 426 g/mol. The molecule has 5 rings (SSSR count). The number of piperidine rings is 1. The molecule has 3 aromatic rings. The highest BCUT2D eigenvalue weighted by Gasteiger charge is 2.43. The lowest BCUT2D eigenvalue weighted by atomic mass is 9.82. The van der Waals surface area contributed by atoms with Crippen molar-refractivity contribution in [1.82, 2.24) is 14.3 Å². The molecule has 7 nitrogen and oxygen atoms in total. The Morgan fingerprint density at radius 2 is 2.00 bits per heavy atom. The normalized spacial score (nSPS) is 18.0. The number of aromatic nitrogens is 2. The van der Waals surface area contributed by atoms with E-state index in [1.807, 2.05) is 41.5 Å². The van der Waals surface area contributed by atoms with Gasteiger partial charge in [0, 0.05) is 30.6 Å². The van der Waals surface area contributed by atoms with Crippen LogP contribution in [-0.4, -0.2) is 51.0 Å². The lowest BCUT2D eigenvalue weighted by Crippen LogP contribution is -2.48. The van der Waals surface area contributed by atoms with E-state index in [4.69, 9.17) is 4.74 Å². The third-order valence-electron chi connectivity index (χ3n) is 6.23. The Balaban J connectivity index is 1.40. The molecular formula is C22H23N3O4S. The highest BCUT2D eigenvalue weighted by Crippen LogP contribution is 2.44. The van der Waals surface area contributed by atoms with Crippen molar-refractivity contribution in [2.75, 3.05) is 19.7 Å². The van der Waals surface area contributed by atoms with Crippen LogP contribution in [0.1, 0.15) is 54.7 Å². The second-order valence-electron chi connectivity index (χ2n) is 8.12. The van der Waals surface area contributed by atoms with Gasteiger partial charge in [-0.1, -0.05) is 0 Å². The average Bonchev–Trinajstić information content (AvgIpc) is 3.29. The van der Waals surface area contributed by atoms with Gasteiger partial charge in [-0.2, -0.15) is 0 Å². The van der Waals surface area contributed by atoms with Crippen LogP contribution in [-0.2, 0) is 16.8 Å². The van der Waals surface area contributed by atoms with Gasteiger partial charge in [0.05, 0.1) is 17.9 Å². The predicted molar refractivity (Wildman–Crippen MR) is 112 cm³/mol. The van der Waals surface area contributed by atoms with Crippen LogP contribution in [0.2, 0.25) is 0 Å². The van der Waals surface area contributed by atoms with Crippen LogP contribution in [0.3, 0.4) is 0 Å². The third kappa shape index (κ3) is 2.94. The summed E-state index contributed by atoms with van der Waals surface area (Å²) in [7, 11) is 0. The van der Waals surface area contributed by atoms with Gasteiger partial charge in [-0.05, 0) is 56.0 Å². The number of nitrogens with zero attached hydrogens (tertiary/aromatic N) is 3. The number of carboxylic acid groups (broad SMARTS) is 1. The molecule has 156 valence electrons. The van der Waals surface area contributed by atoms with Gasteiger partial charge in [-0.3, -0.25) is 9.20 Å². The van der Waals surface area contributed by atoms with E-state index < -0.39 is 11.6 Å². The number of ether oxygens (including phenoxy) is 1. The highest BCUT2D eigenvalue weighted by atomic mass is 32.1. The molecule has 0 unspecified atom stereocenters. The summed E-state index contributed by atoms with van der Waals surface area (Å²) in [4.78, 5) is 32.7. The molecule has 5 heterocycles. The summed E-state index contributed by atoms with van der Waals surface area (Å²) in [6.07, 6.45) is 3.98. The van der Waals surface area contributed by atoms with Gasteiger partial charge >= 0.3 is 5.97 Å². The molecule has 0 aromatic carbocycles. The molecule has 2 aliphatic rings. The van der Waals surface area contributed by atoms with E-state index in [2.05, 4.69) is 4.98 Å². The number of hydrogen-bond acceptors (Lipinski definition) is 5. The van der Waals surface area contributed by atoms with Crippen LogP contribution in [0.4, 0.5) is 0 Å². The first kappa shape index (κ1) is 19.3. The van der Waals surface area contributed by atoms with Crippen LogP contribution in [0.15, 0.2) is 24.4 Å². The monoisotopic (exact) mass is 425 g/mol. The Morgan fingerprint density at radius 3 is 2.73 bits per heavy atom. The number of amides is 1. The molecule has 0 aliphatic carbocycles. The fraction of sp³-hybridized carbons (Fsp3) is 0.409. The fourth-order valence-electron chi connectivity index (χ4n) is 4.68. The summed E-state index contributed by atoms with van der Waals surface area (Å²) in [6, 6.07) is 5.73. The maximum Gasteiger partial charge on any atom is 0.345 e. The van der Waals surface area contributed by atoms with Crippen LogP contribution >= 0.6 is 11.3 Å². The van der Waals surface area contributed by atoms with Crippen molar-refractivity contribution in [3.63, 3.8) is 0 Å². The summed E-state index contributed by atoms with van der Waals surface area (Å²) in [5, 5.41) is 9.38. The zero-order valence-electron chi connectivity index (χ0n) is 17.0. The smallest absolute Gasteiger partial charge is 0.345 e. The molecule has 0 atom stereocenters. The number of aromatic carboxylic acids is 1. The van der Waals surface area contributed by atoms with Crippen molar-refractivity contribution < 1.29 is 19.4 Å². The first-order valence-electron chi connectivity index (χ1n) is 10.1. The van der Waals surface area contributed by atoms with E-state index in [0.717, 1.165) is 33.8 Å². The number of carbonyl (C=O) groups excluding carboxylic acids is 1. The van der Waals surface area contributed by atoms with E-state index in [0.29, 0.717) is 43.1 Å². The summed E-state index contributed by atoms with van der Waals surface area (Å²) in [5.41, 5.74) is 3.74. The minimum absolute atomic E-state index is 0.0220. The zero-order chi connectivity index (χ0) is 21.0. The Kier molecular flexibility index (Phi) is 4.44. The SMILES string of the molecule is Cc1ccn2c(C(=O)N3CCC4(CC3)OCCc3sc(C(=O)O)cc34)c(C)nc2c1. The van der Waals surface area contributed by atoms with Gasteiger partial charge in [-0.15, -0.1) is 11.3 Å². The molecule has 1 fully saturated rings. The number of pyridine rings is 1. The van der Waals surface area contributed by atoms with E-state index in [-0.39, 0.29) is 5.91 Å².